The van der Waals surface area contributed by atoms with Crippen LogP contribution < -0.4 is 10.2 Å². The van der Waals surface area contributed by atoms with E-state index in [-0.39, 0.29) is 24.0 Å². The first-order valence-electron chi connectivity index (χ1n) is 9.61. The molecule has 144 valence electrons. The van der Waals surface area contributed by atoms with Gasteiger partial charge in [-0.2, -0.15) is 11.8 Å². The van der Waals surface area contributed by atoms with Crippen LogP contribution in [0.2, 0.25) is 0 Å². The molecule has 1 unspecified atom stereocenters. The monoisotopic (exact) mass is 487 g/mol. The van der Waals surface area contributed by atoms with Gasteiger partial charge < -0.3 is 15.3 Å². The Morgan fingerprint density at radius 3 is 2.73 bits per heavy atom. The maximum absolute atomic E-state index is 10.7. The Labute approximate surface area is 178 Å². The summed E-state index contributed by atoms with van der Waals surface area (Å²) in [5, 5.41) is 14.1. The first-order chi connectivity index (χ1) is 12.2. The van der Waals surface area contributed by atoms with Gasteiger partial charge in [0.15, 0.2) is 5.96 Å². The summed E-state index contributed by atoms with van der Waals surface area (Å²) in [5.74, 6) is 2.78. The van der Waals surface area contributed by atoms with Crippen molar-refractivity contribution in [2.24, 2.45) is 4.99 Å². The number of nitrogens with one attached hydrogen (secondary N) is 1. The summed E-state index contributed by atoms with van der Waals surface area (Å²) in [6.07, 6.45) is 6.06. The van der Waals surface area contributed by atoms with Gasteiger partial charge in [-0.15, -0.1) is 24.0 Å². The fourth-order valence-electron chi connectivity index (χ4n) is 4.64. The van der Waals surface area contributed by atoms with Crippen molar-refractivity contribution >= 4 is 47.4 Å². The molecular formula is C20H30IN3OS. The molecule has 1 aromatic rings. The zero-order valence-electron chi connectivity index (χ0n) is 15.5. The molecule has 2 N–H and O–H groups in total. The van der Waals surface area contributed by atoms with Crippen LogP contribution in [0.4, 0.5) is 5.69 Å². The van der Waals surface area contributed by atoms with Crippen molar-refractivity contribution < 1.29 is 5.11 Å². The lowest BCUT2D eigenvalue weighted by Crippen LogP contribution is -2.44. The molecule has 1 saturated carbocycles. The van der Waals surface area contributed by atoms with Crippen LogP contribution >= 0.6 is 35.7 Å². The molecule has 0 aromatic heterocycles. The van der Waals surface area contributed by atoms with E-state index >= 15 is 0 Å². The van der Waals surface area contributed by atoms with Crippen LogP contribution in [0.3, 0.4) is 0 Å². The number of nitrogens with zero attached hydrogens (tertiary/aromatic N) is 2. The van der Waals surface area contributed by atoms with Crippen molar-refractivity contribution in [1.29, 1.82) is 0 Å². The number of aliphatic imine (C=N–C) groups is 1. The molecule has 4 nitrogen and oxygen atoms in total. The van der Waals surface area contributed by atoms with E-state index in [2.05, 4.69) is 41.4 Å². The van der Waals surface area contributed by atoms with Crippen LogP contribution in [-0.2, 0) is 5.41 Å². The molecular weight excluding hydrogens is 457 g/mol. The van der Waals surface area contributed by atoms with E-state index in [0.717, 1.165) is 37.0 Å². The van der Waals surface area contributed by atoms with Crippen LogP contribution in [0, 0.1) is 0 Å². The second kappa shape index (κ2) is 8.27. The van der Waals surface area contributed by atoms with Gasteiger partial charge >= 0.3 is 0 Å². The fraction of sp³-hybridized carbons (Fsp3) is 0.650. The first-order valence-corrected chi connectivity index (χ1v) is 10.8. The third-order valence-corrected chi connectivity index (χ3v) is 7.22. The number of guanidine groups is 1. The highest BCUT2D eigenvalue weighted by atomic mass is 127. The Morgan fingerprint density at radius 2 is 2.04 bits per heavy atom. The van der Waals surface area contributed by atoms with Gasteiger partial charge in [-0.1, -0.05) is 31.0 Å². The maximum atomic E-state index is 10.7. The van der Waals surface area contributed by atoms with Crippen molar-refractivity contribution in [2.45, 2.75) is 50.0 Å². The lowest BCUT2D eigenvalue weighted by Gasteiger charge is -2.27. The smallest absolute Gasteiger partial charge is 0.198 e. The minimum Gasteiger partial charge on any atom is -0.387 e. The van der Waals surface area contributed by atoms with Gasteiger partial charge in [0.05, 0.1) is 12.1 Å². The topological polar surface area (TPSA) is 47.9 Å². The molecule has 26 heavy (non-hydrogen) atoms. The lowest BCUT2D eigenvalue weighted by atomic mass is 9.81. The predicted octanol–water partition coefficient (Wildman–Crippen LogP) is 3.77. The molecule has 6 heteroatoms. The molecule has 1 aliphatic carbocycles. The number of fused-ring (bicyclic) bond motifs is 2. The number of hydrogen-bond donors (Lipinski definition) is 2. The van der Waals surface area contributed by atoms with Crippen molar-refractivity contribution in [3.8, 4) is 0 Å². The van der Waals surface area contributed by atoms with E-state index in [9.17, 15) is 5.11 Å². The summed E-state index contributed by atoms with van der Waals surface area (Å²) in [5.41, 5.74) is 2.47. The third kappa shape index (κ3) is 3.74. The van der Waals surface area contributed by atoms with E-state index in [0.29, 0.717) is 12.0 Å². The minimum absolute atomic E-state index is 0. The fourth-order valence-corrected chi connectivity index (χ4v) is 5.92. The lowest BCUT2D eigenvalue weighted by molar-refractivity contribution is 0.0779. The highest BCUT2D eigenvalue weighted by molar-refractivity contribution is 14.0. The van der Waals surface area contributed by atoms with Crippen molar-refractivity contribution in [2.75, 3.05) is 36.0 Å². The summed E-state index contributed by atoms with van der Waals surface area (Å²) < 4.78 is 0. The average molecular weight is 487 g/mol. The van der Waals surface area contributed by atoms with Gasteiger partial charge in [0.2, 0.25) is 0 Å². The highest BCUT2D eigenvalue weighted by Gasteiger charge is 2.45. The number of benzene rings is 1. The summed E-state index contributed by atoms with van der Waals surface area (Å²) >= 11 is 1.83. The van der Waals surface area contributed by atoms with Crippen molar-refractivity contribution in [1.82, 2.24) is 5.32 Å². The zero-order valence-corrected chi connectivity index (χ0v) is 18.7. The second-order valence-corrected chi connectivity index (χ2v) is 8.89. The molecule has 1 atom stereocenters. The number of para-hydroxylation sites is 1. The van der Waals surface area contributed by atoms with Crippen LogP contribution in [-0.4, -0.2) is 47.8 Å². The third-order valence-electron chi connectivity index (χ3n) is 5.98. The zero-order chi connectivity index (χ0) is 17.3. The Balaban J connectivity index is 0.00000196. The Bertz CT molecular complexity index is 654. The minimum atomic E-state index is -0.629. The molecule has 2 fully saturated rings. The first kappa shape index (κ1) is 20.3. The molecule has 1 spiro atoms. The number of hydrogen-bond acceptors (Lipinski definition) is 3. The number of anilines is 1. The number of aliphatic hydroxyl groups is 1. The predicted molar refractivity (Wildman–Crippen MR) is 122 cm³/mol. The largest absolute Gasteiger partial charge is 0.387 e. The number of rotatable bonds is 3. The standard InChI is InChI=1S/C20H29N3OS.HI/c1-2-21-18(22-13-20(24)11-12-25-15-20)23-14-19(9-5-6-10-19)16-7-3-4-8-17(16)23;/h3-4,7-8,24H,2,5-6,9-15H2,1H3,(H,21,22);1H. The quantitative estimate of drug-likeness (QED) is 0.387. The SMILES string of the molecule is CCNC(=NCC1(O)CCSC1)N1CC2(CCCC2)c2ccccc21.I. The molecule has 2 aliphatic heterocycles. The van der Waals surface area contributed by atoms with Crippen LogP contribution in [0.5, 0.6) is 0 Å². The molecule has 0 radical (unpaired) electrons. The van der Waals surface area contributed by atoms with Crippen LogP contribution in [0.15, 0.2) is 29.3 Å². The molecule has 0 bridgehead atoms. The molecule has 2 heterocycles. The van der Waals surface area contributed by atoms with E-state index in [4.69, 9.17) is 4.99 Å². The summed E-state index contributed by atoms with van der Waals surface area (Å²) in [4.78, 5) is 7.24. The normalized spacial score (nSPS) is 26.8. The summed E-state index contributed by atoms with van der Waals surface area (Å²) in [6, 6.07) is 8.84. The average Bonchev–Trinajstić information content (AvgIpc) is 3.34. The van der Waals surface area contributed by atoms with E-state index in [1.54, 1.807) is 0 Å². The molecule has 4 rings (SSSR count). The van der Waals surface area contributed by atoms with Gasteiger partial charge in [0.25, 0.3) is 0 Å². The van der Waals surface area contributed by atoms with E-state index in [1.807, 2.05) is 11.8 Å². The van der Waals surface area contributed by atoms with Crippen molar-refractivity contribution in [3.05, 3.63) is 29.8 Å². The van der Waals surface area contributed by atoms with Gasteiger partial charge in [-0.25, -0.2) is 4.99 Å². The molecule has 1 saturated heterocycles. The van der Waals surface area contributed by atoms with Gasteiger partial charge in [-0.05, 0) is 43.6 Å². The van der Waals surface area contributed by atoms with Gasteiger partial charge in [0.1, 0.15) is 0 Å². The van der Waals surface area contributed by atoms with Crippen LogP contribution in [0.25, 0.3) is 0 Å². The van der Waals surface area contributed by atoms with Crippen molar-refractivity contribution in [3.63, 3.8) is 0 Å². The Hall–Kier alpha value is -0.470. The summed E-state index contributed by atoms with van der Waals surface area (Å²) in [6.45, 7) is 4.47. The molecule has 0 amide bonds. The van der Waals surface area contributed by atoms with E-state index < -0.39 is 5.60 Å². The molecule has 3 aliphatic rings. The highest BCUT2D eigenvalue weighted by Crippen LogP contribution is 2.50. The van der Waals surface area contributed by atoms with E-state index in [1.165, 1.54) is 36.9 Å². The Morgan fingerprint density at radius 1 is 1.27 bits per heavy atom. The Kier molecular flexibility index (Phi) is 6.45. The number of halogens is 1. The van der Waals surface area contributed by atoms with Crippen LogP contribution in [0.1, 0.15) is 44.6 Å². The maximum Gasteiger partial charge on any atom is 0.198 e. The second-order valence-electron chi connectivity index (χ2n) is 7.79. The summed E-state index contributed by atoms with van der Waals surface area (Å²) in [7, 11) is 0. The van der Waals surface area contributed by atoms with Gasteiger partial charge in [-0.3, -0.25) is 0 Å². The molecule has 1 aromatic carbocycles. The van der Waals surface area contributed by atoms with Gasteiger partial charge in [0, 0.05) is 29.9 Å². The number of thioether (sulfide) groups is 1.